The minimum Gasteiger partial charge on any atom is -0.506 e. The van der Waals surface area contributed by atoms with Crippen molar-refractivity contribution >= 4 is 0 Å². The first kappa shape index (κ1) is 14.5. The molecule has 2 rings (SSSR count). The Hall–Kier alpha value is -1.90. The fourth-order valence-electron chi connectivity index (χ4n) is 2.58. The van der Waals surface area contributed by atoms with Crippen LogP contribution in [0.25, 0.3) is 0 Å². The molecule has 0 aromatic heterocycles. The van der Waals surface area contributed by atoms with Crippen LogP contribution >= 0.6 is 0 Å². The van der Waals surface area contributed by atoms with Crippen molar-refractivity contribution in [3.05, 3.63) is 41.7 Å². The Morgan fingerprint density at radius 2 is 2.20 bits per heavy atom. The van der Waals surface area contributed by atoms with Crippen LogP contribution in [-0.2, 0) is 0 Å². The molecule has 2 N–H and O–H groups in total. The van der Waals surface area contributed by atoms with Crippen molar-refractivity contribution in [3.8, 4) is 11.8 Å². The summed E-state index contributed by atoms with van der Waals surface area (Å²) in [5.41, 5.74) is 0.302. The van der Waals surface area contributed by atoms with Gasteiger partial charge in [0.05, 0.1) is 0 Å². The van der Waals surface area contributed by atoms with Crippen molar-refractivity contribution in [2.24, 2.45) is 0 Å². The van der Waals surface area contributed by atoms with Gasteiger partial charge in [0, 0.05) is 37.8 Å². The molecular formula is C15H18FN3O. The zero-order chi connectivity index (χ0) is 14.5. The lowest BCUT2D eigenvalue weighted by molar-refractivity contribution is 0.172. The van der Waals surface area contributed by atoms with Gasteiger partial charge in [-0.3, -0.25) is 4.90 Å². The molecule has 0 radical (unpaired) electrons. The minimum atomic E-state index is -0.689. The van der Waals surface area contributed by atoms with E-state index in [9.17, 15) is 9.50 Å². The van der Waals surface area contributed by atoms with Gasteiger partial charge in [0.15, 0.2) is 0 Å². The van der Waals surface area contributed by atoms with Gasteiger partial charge >= 0.3 is 0 Å². The Balaban J connectivity index is 2.39. The number of rotatable bonds is 4. The SMILES string of the molecule is C=CC[C@@H](c1ccc(F)c(C#N)c1O)N1CCNCC1. The first-order chi connectivity index (χ1) is 9.69. The molecule has 0 bridgehead atoms. The summed E-state index contributed by atoms with van der Waals surface area (Å²) < 4.78 is 13.5. The standard InChI is InChI=1S/C15H18FN3O/c1-2-3-14(19-8-6-18-7-9-19)11-4-5-13(16)12(10-17)15(11)20/h2,4-5,14,18,20H,1,3,6-9H2/t14-/m0/s1. The number of phenols is 1. The molecule has 1 saturated heterocycles. The summed E-state index contributed by atoms with van der Waals surface area (Å²) in [5, 5.41) is 22.4. The van der Waals surface area contributed by atoms with E-state index in [0.717, 1.165) is 26.2 Å². The van der Waals surface area contributed by atoms with Gasteiger partial charge in [-0.2, -0.15) is 5.26 Å². The third-order valence-electron chi connectivity index (χ3n) is 3.61. The normalized spacial score (nSPS) is 17.4. The molecule has 4 nitrogen and oxygen atoms in total. The Labute approximate surface area is 118 Å². The maximum Gasteiger partial charge on any atom is 0.144 e. The summed E-state index contributed by atoms with van der Waals surface area (Å²) >= 11 is 0. The summed E-state index contributed by atoms with van der Waals surface area (Å²) in [4.78, 5) is 2.21. The van der Waals surface area contributed by atoms with Crippen molar-refractivity contribution in [1.82, 2.24) is 10.2 Å². The van der Waals surface area contributed by atoms with Crippen LogP contribution in [0.15, 0.2) is 24.8 Å². The zero-order valence-corrected chi connectivity index (χ0v) is 11.3. The number of hydrogen-bond acceptors (Lipinski definition) is 4. The predicted octanol–water partition coefficient (Wildman–Crippen LogP) is 1.93. The Kier molecular flexibility index (Phi) is 4.72. The average molecular weight is 275 g/mol. The molecule has 0 saturated carbocycles. The first-order valence-electron chi connectivity index (χ1n) is 6.66. The molecule has 1 fully saturated rings. The van der Waals surface area contributed by atoms with Crippen LogP contribution in [0.3, 0.4) is 0 Å². The number of hydrogen-bond donors (Lipinski definition) is 2. The lowest BCUT2D eigenvalue weighted by atomic mass is 9.97. The van der Waals surface area contributed by atoms with E-state index in [1.807, 2.05) is 0 Å². The van der Waals surface area contributed by atoms with Gasteiger partial charge in [-0.1, -0.05) is 12.1 Å². The van der Waals surface area contributed by atoms with Crippen LogP contribution in [0.2, 0.25) is 0 Å². The summed E-state index contributed by atoms with van der Waals surface area (Å²) in [6, 6.07) is 4.44. The maximum absolute atomic E-state index is 13.5. The van der Waals surface area contributed by atoms with Gasteiger partial charge in [0.2, 0.25) is 0 Å². The largest absolute Gasteiger partial charge is 0.506 e. The number of nitrogens with one attached hydrogen (secondary N) is 1. The second-order valence-electron chi connectivity index (χ2n) is 4.80. The predicted molar refractivity (Wildman–Crippen MR) is 74.8 cm³/mol. The highest BCUT2D eigenvalue weighted by atomic mass is 19.1. The second kappa shape index (κ2) is 6.51. The van der Waals surface area contributed by atoms with E-state index in [4.69, 9.17) is 5.26 Å². The molecule has 0 unspecified atom stereocenters. The van der Waals surface area contributed by atoms with Crippen molar-refractivity contribution < 1.29 is 9.50 Å². The molecule has 20 heavy (non-hydrogen) atoms. The quantitative estimate of drug-likeness (QED) is 0.824. The van der Waals surface area contributed by atoms with Crippen molar-refractivity contribution in [1.29, 1.82) is 5.26 Å². The monoisotopic (exact) mass is 275 g/mol. The highest BCUT2D eigenvalue weighted by Crippen LogP contribution is 2.34. The fraction of sp³-hybridized carbons (Fsp3) is 0.400. The van der Waals surface area contributed by atoms with E-state index in [0.29, 0.717) is 12.0 Å². The van der Waals surface area contributed by atoms with Crippen molar-refractivity contribution in [2.75, 3.05) is 26.2 Å². The molecular weight excluding hydrogens is 257 g/mol. The number of nitrogens with zero attached hydrogens (tertiary/aromatic N) is 2. The Morgan fingerprint density at radius 1 is 1.50 bits per heavy atom. The number of aromatic hydroxyl groups is 1. The van der Waals surface area contributed by atoms with Crippen molar-refractivity contribution in [3.63, 3.8) is 0 Å². The molecule has 0 amide bonds. The topological polar surface area (TPSA) is 59.3 Å². The van der Waals surface area contributed by atoms with Gasteiger partial charge in [0.25, 0.3) is 0 Å². The molecule has 106 valence electrons. The van der Waals surface area contributed by atoms with Gasteiger partial charge in [-0.05, 0) is 12.5 Å². The van der Waals surface area contributed by atoms with E-state index >= 15 is 0 Å². The molecule has 1 aromatic rings. The maximum atomic E-state index is 13.5. The lowest BCUT2D eigenvalue weighted by Gasteiger charge is -2.35. The average Bonchev–Trinajstić information content (AvgIpc) is 2.47. The molecule has 0 spiro atoms. The van der Waals surface area contributed by atoms with Crippen LogP contribution in [0.5, 0.6) is 5.75 Å². The fourth-order valence-corrected chi connectivity index (χ4v) is 2.58. The van der Waals surface area contributed by atoms with E-state index in [2.05, 4.69) is 16.8 Å². The summed E-state index contributed by atoms with van der Waals surface area (Å²) in [7, 11) is 0. The Morgan fingerprint density at radius 3 is 2.80 bits per heavy atom. The number of benzene rings is 1. The van der Waals surface area contributed by atoms with E-state index in [1.165, 1.54) is 6.07 Å². The van der Waals surface area contributed by atoms with E-state index < -0.39 is 5.82 Å². The number of piperazine rings is 1. The van der Waals surface area contributed by atoms with Crippen LogP contribution in [0.4, 0.5) is 4.39 Å². The smallest absolute Gasteiger partial charge is 0.144 e. The van der Waals surface area contributed by atoms with Gasteiger partial charge in [-0.25, -0.2) is 4.39 Å². The summed E-state index contributed by atoms with van der Waals surface area (Å²) in [6.45, 7) is 7.19. The molecule has 1 aliphatic heterocycles. The third kappa shape index (κ3) is 2.82. The number of halogens is 1. The van der Waals surface area contributed by atoms with Crippen LogP contribution < -0.4 is 5.32 Å². The molecule has 1 aromatic carbocycles. The third-order valence-corrected chi connectivity index (χ3v) is 3.61. The number of nitriles is 1. The lowest BCUT2D eigenvalue weighted by Crippen LogP contribution is -2.45. The summed E-state index contributed by atoms with van der Waals surface area (Å²) in [6.07, 6.45) is 2.42. The highest BCUT2D eigenvalue weighted by Gasteiger charge is 2.25. The van der Waals surface area contributed by atoms with E-state index in [1.54, 1.807) is 18.2 Å². The summed E-state index contributed by atoms with van der Waals surface area (Å²) in [5.74, 6) is -0.940. The minimum absolute atomic E-state index is 0.0812. The Bertz CT molecular complexity index is 533. The van der Waals surface area contributed by atoms with Crippen LogP contribution in [0.1, 0.15) is 23.6 Å². The number of phenolic OH excluding ortho intramolecular Hbond substituents is 1. The first-order valence-corrected chi connectivity index (χ1v) is 6.66. The molecule has 1 heterocycles. The highest BCUT2D eigenvalue weighted by molar-refractivity contribution is 5.49. The molecule has 1 aliphatic rings. The molecule has 0 aliphatic carbocycles. The van der Waals surface area contributed by atoms with Crippen LogP contribution in [0, 0.1) is 17.1 Å². The van der Waals surface area contributed by atoms with E-state index in [-0.39, 0.29) is 17.4 Å². The molecule has 5 heteroatoms. The van der Waals surface area contributed by atoms with Crippen molar-refractivity contribution in [2.45, 2.75) is 12.5 Å². The second-order valence-corrected chi connectivity index (χ2v) is 4.80. The van der Waals surface area contributed by atoms with Gasteiger partial charge < -0.3 is 10.4 Å². The van der Waals surface area contributed by atoms with Crippen LogP contribution in [-0.4, -0.2) is 36.2 Å². The molecule has 1 atom stereocenters. The van der Waals surface area contributed by atoms with Gasteiger partial charge in [0.1, 0.15) is 23.2 Å². The van der Waals surface area contributed by atoms with Gasteiger partial charge in [-0.15, -0.1) is 6.58 Å². The zero-order valence-electron chi connectivity index (χ0n) is 11.3.